The number of amides is 1. The van der Waals surface area contributed by atoms with Gasteiger partial charge >= 0.3 is 0 Å². The third-order valence-corrected chi connectivity index (χ3v) is 12.1. The van der Waals surface area contributed by atoms with Gasteiger partial charge in [-0.1, -0.05) is 164 Å². The topological polar surface area (TPSA) is 228 Å². The maximum atomic E-state index is 13.1. The van der Waals surface area contributed by atoms with E-state index < -0.39 is 86.8 Å². The minimum absolute atomic E-state index is 0.253. The Kier molecular flexibility index (Phi) is 35.4. The Morgan fingerprint density at radius 3 is 1.58 bits per heavy atom. The minimum atomic E-state index is -1.79. The van der Waals surface area contributed by atoms with Gasteiger partial charge in [-0.25, -0.2) is 0 Å². The number of unbranched alkanes of at least 4 members (excludes halogenated alkanes) is 15. The molecule has 2 aliphatic heterocycles. The number of carbonyl (C=O) groups is 1. The van der Waals surface area contributed by atoms with Crippen molar-refractivity contribution in [2.75, 3.05) is 19.8 Å². The van der Waals surface area contributed by atoms with Crippen molar-refractivity contribution in [2.45, 2.75) is 235 Å². The molecule has 2 saturated heterocycles. The molecule has 12 atom stereocenters. The number of aliphatic hydroxyl groups is 8. The lowest BCUT2D eigenvalue weighted by molar-refractivity contribution is -0.359. The van der Waals surface area contributed by atoms with Gasteiger partial charge in [0, 0.05) is 6.42 Å². The summed E-state index contributed by atoms with van der Waals surface area (Å²) in [5, 5.41) is 86.3. The van der Waals surface area contributed by atoms with E-state index in [1.807, 2.05) is 6.08 Å². The second-order valence-corrected chi connectivity index (χ2v) is 17.9. The van der Waals surface area contributed by atoms with Gasteiger partial charge in [0.2, 0.25) is 5.91 Å². The Morgan fingerprint density at radius 2 is 1.03 bits per heavy atom. The normalized spacial score (nSPS) is 27.2. The lowest BCUT2D eigenvalue weighted by atomic mass is 9.97. The van der Waals surface area contributed by atoms with Crippen LogP contribution in [0.2, 0.25) is 0 Å². The van der Waals surface area contributed by atoms with Crippen LogP contribution in [-0.4, -0.2) is 140 Å². The van der Waals surface area contributed by atoms with Crippen LogP contribution < -0.4 is 5.32 Å². The predicted octanol–water partition coefficient (Wildman–Crippen LogP) is 6.82. The second-order valence-electron chi connectivity index (χ2n) is 17.9. The summed E-state index contributed by atoms with van der Waals surface area (Å²) in [7, 11) is 0. The van der Waals surface area contributed by atoms with Gasteiger partial charge < -0.3 is 65.1 Å². The van der Waals surface area contributed by atoms with E-state index in [1.54, 1.807) is 6.08 Å². The van der Waals surface area contributed by atoms with Crippen molar-refractivity contribution >= 4 is 5.91 Å². The van der Waals surface area contributed by atoms with Gasteiger partial charge in [0.25, 0.3) is 0 Å². The van der Waals surface area contributed by atoms with Crippen molar-refractivity contribution in [3.05, 3.63) is 72.9 Å². The van der Waals surface area contributed by atoms with E-state index in [2.05, 4.69) is 79.9 Å². The van der Waals surface area contributed by atoms with Gasteiger partial charge in [-0.3, -0.25) is 4.79 Å². The molecule has 2 aliphatic rings. The van der Waals surface area contributed by atoms with Crippen molar-refractivity contribution in [2.24, 2.45) is 0 Å². The quantitative estimate of drug-likeness (QED) is 0.0229. The Balaban J connectivity index is 1.67. The summed E-state index contributed by atoms with van der Waals surface area (Å²) in [5.74, 6) is -0.253. The fourth-order valence-electron chi connectivity index (χ4n) is 7.96. The average Bonchev–Trinajstić information content (AvgIpc) is 3.32. The number of hydrogen-bond acceptors (Lipinski definition) is 13. The van der Waals surface area contributed by atoms with E-state index in [0.29, 0.717) is 6.42 Å². The van der Waals surface area contributed by atoms with E-state index in [9.17, 15) is 45.6 Å². The standard InChI is InChI=1S/C53H91NO13/c1-3-5-7-9-11-12-13-14-15-16-17-18-19-20-21-22-23-24-25-26-27-28-29-30-31-33-35-37-45(58)54-41(42(57)36-34-32-10-8-6-4-2)40-64-52-50(63)48(61)51(44(39-56)66-52)67-53-49(62)47(60)46(59)43(38-55)65-53/h5,7,11-12,14-15,17-18,20-21,34,36,41-44,46-53,55-57,59-63H,3-4,6,8-10,13,16,19,22-33,35,37-40H2,1-2H3,(H,54,58)/b7-5-,12-11-,15-14-,18-17-,21-20-,36-34+. The number of rotatable bonds is 38. The third-order valence-electron chi connectivity index (χ3n) is 12.1. The lowest BCUT2D eigenvalue weighted by Gasteiger charge is -2.46. The molecule has 0 aromatic carbocycles. The van der Waals surface area contributed by atoms with Crippen molar-refractivity contribution in [3.8, 4) is 0 Å². The van der Waals surface area contributed by atoms with Gasteiger partial charge in [0.15, 0.2) is 12.6 Å². The predicted molar refractivity (Wildman–Crippen MR) is 263 cm³/mol. The smallest absolute Gasteiger partial charge is 0.220 e. The van der Waals surface area contributed by atoms with Crippen molar-refractivity contribution in [1.29, 1.82) is 0 Å². The highest BCUT2D eigenvalue weighted by Gasteiger charge is 2.51. The van der Waals surface area contributed by atoms with Crippen LogP contribution in [0.25, 0.3) is 0 Å². The molecule has 386 valence electrons. The summed E-state index contributed by atoms with van der Waals surface area (Å²) >= 11 is 0. The van der Waals surface area contributed by atoms with Gasteiger partial charge in [-0.2, -0.15) is 0 Å². The molecule has 0 saturated carbocycles. The number of hydrogen-bond donors (Lipinski definition) is 9. The van der Waals surface area contributed by atoms with Gasteiger partial charge in [-0.15, -0.1) is 0 Å². The summed E-state index contributed by atoms with van der Waals surface area (Å²) in [6.45, 7) is 2.56. The van der Waals surface area contributed by atoms with E-state index in [1.165, 1.54) is 44.9 Å². The first-order valence-electron chi connectivity index (χ1n) is 25.7. The molecule has 2 fully saturated rings. The molecule has 0 aromatic rings. The van der Waals surface area contributed by atoms with Crippen LogP contribution in [0.3, 0.4) is 0 Å². The Hall–Kier alpha value is -2.57. The van der Waals surface area contributed by atoms with E-state index in [0.717, 1.165) is 89.9 Å². The molecule has 0 aliphatic carbocycles. The van der Waals surface area contributed by atoms with E-state index in [4.69, 9.17) is 18.9 Å². The zero-order chi connectivity index (χ0) is 48.9. The van der Waals surface area contributed by atoms with Crippen molar-refractivity contribution in [1.82, 2.24) is 5.32 Å². The van der Waals surface area contributed by atoms with Crippen LogP contribution in [0.1, 0.15) is 162 Å². The highest BCUT2D eigenvalue weighted by molar-refractivity contribution is 5.76. The number of ether oxygens (including phenoxy) is 4. The molecule has 2 heterocycles. The molecule has 14 heteroatoms. The highest BCUT2D eigenvalue weighted by Crippen LogP contribution is 2.30. The Labute approximate surface area is 402 Å². The highest BCUT2D eigenvalue weighted by atomic mass is 16.7. The molecule has 67 heavy (non-hydrogen) atoms. The zero-order valence-corrected chi connectivity index (χ0v) is 40.9. The zero-order valence-electron chi connectivity index (χ0n) is 40.9. The van der Waals surface area contributed by atoms with Gasteiger partial charge in [-0.05, 0) is 64.2 Å². The molecule has 0 aromatic heterocycles. The molecule has 9 N–H and O–H groups in total. The third kappa shape index (κ3) is 26.3. The molecule has 1 amide bonds. The molecule has 12 unspecified atom stereocenters. The van der Waals surface area contributed by atoms with Crippen LogP contribution in [0.5, 0.6) is 0 Å². The average molecular weight is 950 g/mol. The number of aliphatic hydroxyl groups excluding tert-OH is 8. The molecule has 0 radical (unpaired) electrons. The SMILES string of the molecule is CC/C=C\C/C=C\C/C=C\C/C=C\C/C=C\CCCCCCCCCCCCCC(=O)NC(COC1OC(CO)C(OC2OC(CO)C(O)C(O)C2O)C(O)C1O)C(O)/C=C/CCCCCC. The molecule has 14 nitrogen and oxygen atoms in total. The molecule has 0 spiro atoms. The molecule has 2 rings (SSSR count). The van der Waals surface area contributed by atoms with Crippen molar-refractivity contribution < 1.29 is 64.6 Å². The van der Waals surface area contributed by atoms with Gasteiger partial charge in [0.05, 0.1) is 32.0 Å². The molecular formula is C53H91NO13. The lowest BCUT2D eigenvalue weighted by Crippen LogP contribution is -2.65. The van der Waals surface area contributed by atoms with Crippen LogP contribution in [0.4, 0.5) is 0 Å². The number of allylic oxidation sites excluding steroid dienone is 11. The van der Waals surface area contributed by atoms with Crippen LogP contribution >= 0.6 is 0 Å². The van der Waals surface area contributed by atoms with Crippen molar-refractivity contribution in [3.63, 3.8) is 0 Å². The van der Waals surface area contributed by atoms with Crippen LogP contribution in [-0.2, 0) is 23.7 Å². The van der Waals surface area contributed by atoms with Gasteiger partial charge in [0.1, 0.15) is 48.8 Å². The summed E-state index contributed by atoms with van der Waals surface area (Å²) in [5.41, 5.74) is 0. The fraction of sp³-hybridized carbons (Fsp3) is 0.755. The Morgan fingerprint density at radius 1 is 0.552 bits per heavy atom. The number of nitrogens with one attached hydrogen (secondary N) is 1. The maximum absolute atomic E-state index is 13.1. The molecule has 0 bridgehead atoms. The fourth-order valence-corrected chi connectivity index (χ4v) is 7.96. The Bertz CT molecular complexity index is 1400. The summed E-state index contributed by atoms with van der Waals surface area (Å²) in [6.07, 6.45) is 32.8. The van der Waals surface area contributed by atoms with E-state index in [-0.39, 0.29) is 18.9 Å². The minimum Gasteiger partial charge on any atom is -0.394 e. The number of carbonyl (C=O) groups excluding carboxylic acids is 1. The summed E-state index contributed by atoms with van der Waals surface area (Å²) in [4.78, 5) is 13.1. The first-order chi connectivity index (χ1) is 32.6. The largest absolute Gasteiger partial charge is 0.394 e. The second kappa shape index (κ2) is 39.2. The maximum Gasteiger partial charge on any atom is 0.220 e. The first kappa shape index (κ1) is 60.6. The van der Waals surface area contributed by atoms with Crippen LogP contribution in [0.15, 0.2) is 72.9 Å². The first-order valence-corrected chi connectivity index (χ1v) is 25.7. The molecular weight excluding hydrogens is 859 g/mol. The summed E-state index contributed by atoms with van der Waals surface area (Å²) < 4.78 is 22.6. The van der Waals surface area contributed by atoms with E-state index >= 15 is 0 Å². The van der Waals surface area contributed by atoms with Crippen LogP contribution in [0, 0.1) is 0 Å². The summed E-state index contributed by atoms with van der Waals surface area (Å²) in [6, 6.07) is -0.916. The monoisotopic (exact) mass is 950 g/mol.